The second-order valence-corrected chi connectivity index (χ2v) is 7.72. The minimum absolute atomic E-state index is 0.0454. The van der Waals surface area contributed by atoms with Crippen LogP contribution in [-0.4, -0.2) is 41.1 Å². The van der Waals surface area contributed by atoms with E-state index in [-0.39, 0.29) is 5.02 Å². The summed E-state index contributed by atoms with van der Waals surface area (Å²) in [6.07, 6.45) is 6.27. The van der Waals surface area contributed by atoms with E-state index in [4.69, 9.17) is 27.9 Å². The quantitative estimate of drug-likeness (QED) is 0.579. The van der Waals surface area contributed by atoms with Crippen LogP contribution in [0.2, 0.25) is 10.0 Å². The van der Waals surface area contributed by atoms with E-state index in [0.29, 0.717) is 22.3 Å². The van der Waals surface area contributed by atoms with Gasteiger partial charge in [0.05, 0.1) is 11.2 Å². The Morgan fingerprint density at radius 2 is 1.80 bits per heavy atom. The van der Waals surface area contributed by atoms with Gasteiger partial charge < -0.3 is 15.0 Å². The molecule has 6 nitrogen and oxygen atoms in total. The highest BCUT2D eigenvalue weighted by molar-refractivity contribution is 6.36. The molecule has 3 heterocycles. The predicted molar refractivity (Wildman–Crippen MR) is 116 cm³/mol. The maximum absolute atomic E-state index is 13.8. The molecule has 4 rings (SSSR count). The maximum atomic E-state index is 13.8. The van der Waals surface area contributed by atoms with Crippen molar-refractivity contribution in [3.05, 3.63) is 64.4 Å². The third-order valence-corrected chi connectivity index (χ3v) is 5.60. The lowest BCUT2D eigenvalue weighted by Crippen LogP contribution is -2.44. The van der Waals surface area contributed by atoms with E-state index < -0.39 is 11.9 Å². The predicted octanol–water partition coefficient (Wildman–Crippen LogP) is 4.53. The second-order valence-electron chi connectivity index (χ2n) is 6.94. The van der Waals surface area contributed by atoms with Crippen LogP contribution < -0.4 is 15.0 Å². The Kier molecular flexibility index (Phi) is 6.32. The van der Waals surface area contributed by atoms with Gasteiger partial charge in [-0.15, -0.1) is 0 Å². The van der Waals surface area contributed by atoms with Gasteiger partial charge in [-0.05, 0) is 25.1 Å². The van der Waals surface area contributed by atoms with Gasteiger partial charge in [0.25, 0.3) is 0 Å². The molecule has 2 aromatic heterocycles. The number of aromatic nitrogens is 3. The summed E-state index contributed by atoms with van der Waals surface area (Å²) < 4.78 is 19.8. The Bertz CT molecular complexity index is 1030. The Morgan fingerprint density at radius 3 is 2.53 bits per heavy atom. The Balaban J connectivity index is 1.52. The molecule has 30 heavy (non-hydrogen) atoms. The lowest BCUT2D eigenvalue weighted by Gasteiger charge is -2.27. The first-order valence-electron chi connectivity index (χ1n) is 9.56. The number of hydrogen-bond donors (Lipinski definition) is 1. The molecule has 0 spiro atoms. The van der Waals surface area contributed by atoms with Gasteiger partial charge in [-0.1, -0.05) is 23.2 Å². The number of piperazine rings is 1. The van der Waals surface area contributed by atoms with Gasteiger partial charge in [-0.2, -0.15) is 0 Å². The van der Waals surface area contributed by atoms with Gasteiger partial charge in [0.2, 0.25) is 5.95 Å². The normalized spacial score (nSPS) is 15.1. The first kappa shape index (κ1) is 20.8. The van der Waals surface area contributed by atoms with Crippen LogP contribution >= 0.6 is 23.2 Å². The second kappa shape index (κ2) is 9.12. The highest BCUT2D eigenvalue weighted by Gasteiger charge is 2.19. The molecule has 1 N–H and O–H groups in total. The van der Waals surface area contributed by atoms with E-state index in [1.54, 1.807) is 31.7 Å². The first-order valence-corrected chi connectivity index (χ1v) is 10.3. The summed E-state index contributed by atoms with van der Waals surface area (Å²) >= 11 is 12.3. The number of nitrogens with one attached hydrogen (secondary N) is 1. The molecule has 0 amide bonds. The van der Waals surface area contributed by atoms with Crippen molar-refractivity contribution >= 4 is 29.2 Å². The van der Waals surface area contributed by atoms with Crippen LogP contribution in [0.5, 0.6) is 5.75 Å². The highest BCUT2D eigenvalue weighted by Crippen LogP contribution is 2.35. The number of pyridine rings is 1. The van der Waals surface area contributed by atoms with E-state index in [2.05, 4.69) is 25.2 Å². The lowest BCUT2D eigenvalue weighted by molar-refractivity contribution is 0.226. The molecule has 1 aliphatic rings. The lowest BCUT2D eigenvalue weighted by atomic mass is 10.1. The topological polar surface area (TPSA) is 63.2 Å². The number of halogens is 3. The van der Waals surface area contributed by atoms with Crippen LogP contribution in [0.1, 0.15) is 18.6 Å². The third kappa shape index (κ3) is 4.48. The van der Waals surface area contributed by atoms with Crippen LogP contribution in [0.4, 0.5) is 10.3 Å². The zero-order chi connectivity index (χ0) is 21.1. The minimum atomic E-state index is -0.566. The molecule has 1 saturated heterocycles. The van der Waals surface area contributed by atoms with Crippen molar-refractivity contribution in [2.24, 2.45) is 0 Å². The van der Waals surface area contributed by atoms with Gasteiger partial charge in [-0.3, -0.25) is 4.98 Å². The highest BCUT2D eigenvalue weighted by atomic mass is 35.5. The molecule has 9 heteroatoms. The molecule has 1 fully saturated rings. The number of hydrogen-bond acceptors (Lipinski definition) is 6. The Morgan fingerprint density at radius 1 is 1.07 bits per heavy atom. The summed E-state index contributed by atoms with van der Waals surface area (Å²) in [6.45, 7) is 5.36. The Labute approximate surface area is 184 Å². The van der Waals surface area contributed by atoms with Gasteiger partial charge in [-0.25, -0.2) is 14.4 Å². The molecule has 3 aromatic rings. The smallest absolute Gasteiger partial charge is 0.225 e. The van der Waals surface area contributed by atoms with Crippen molar-refractivity contribution in [3.8, 4) is 16.9 Å². The maximum Gasteiger partial charge on any atom is 0.225 e. The fourth-order valence-corrected chi connectivity index (χ4v) is 4.00. The van der Waals surface area contributed by atoms with E-state index in [9.17, 15) is 4.39 Å². The van der Waals surface area contributed by atoms with Gasteiger partial charge in [0.1, 0.15) is 17.7 Å². The molecule has 0 aliphatic carbocycles. The molecule has 156 valence electrons. The molecule has 0 saturated carbocycles. The zero-order valence-electron chi connectivity index (χ0n) is 16.3. The summed E-state index contributed by atoms with van der Waals surface area (Å²) in [4.78, 5) is 15.4. The molecule has 0 radical (unpaired) electrons. The van der Waals surface area contributed by atoms with Crippen molar-refractivity contribution in [2.45, 2.75) is 13.0 Å². The summed E-state index contributed by atoms with van der Waals surface area (Å²) in [5.41, 5.74) is 2.02. The molecular weight excluding hydrogens is 428 g/mol. The van der Waals surface area contributed by atoms with Crippen LogP contribution in [0.3, 0.4) is 0 Å². The van der Waals surface area contributed by atoms with Gasteiger partial charge in [0, 0.05) is 66.5 Å². The van der Waals surface area contributed by atoms with Gasteiger partial charge in [0.15, 0.2) is 0 Å². The van der Waals surface area contributed by atoms with E-state index in [1.807, 2.05) is 6.07 Å². The molecule has 0 unspecified atom stereocenters. The number of rotatable bonds is 5. The van der Waals surface area contributed by atoms with Crippen LogP contribution in [-0.2, 0) is 0 Å². The molecule has 1 aliphatic heterocycles. The summed E-state index contributed by atoms with van der Waals surface area (Å²) in [6, 6.07) is 4.52. The van der Waals surface area contributed by atoms with Gasteiger partial charge >= 0.3 is 0 Å². The first-order chi connectivity index (χ1) is 14.5. The molecule has 0 bridgehead atoms. The SMILES string of the molecule is C[C@H](Oc1cncc(-c2cnc(N3CCNCC3)nc2)c1)c1c(Cl)ccc(F)c1Cl. The molecule has 1 atom stereocenters. The van der Waals surface area contributed by atoms with Crippen molar-refractivity contribution < 1.29 is 9.13 Å². The number of nitrogens with zero attached hydrogens (tertiary/aromatic N) is 4. The number of ether oxygens (including phenoxy) is 1. The van der Waals surface area contributed by atoms with Crippen LogP contribution in [0.25, 0.3) is 11.1 Å². The molecule has 1 aromatic carbocycles. The zero-order valence-corrected chi connectivity index (χ0v) is 17.8. The summed E-state index contributed by atoms with van der Waals surface area (Å²) in [7, 11) is 0. The average molecular weight is 448 g/mol. The van der Waals surface area contributed by atoms with E-state index in [0.717, 1.165) is 37.3 Å². The standard InChI is InChI=1S/C21H20Cl2FN5O/c1-13(19-17(22)2-3-18(24)20(19)23)30-16-8-14(9-26-12-16)15-10-27-21(28-11-15)29-6-4-25-5-7-29/h2-3,8-13,25H,4-7H2,1H3/t13-/m0/s1. The summed E-state index contributed by atoms with van der Waals surface area (Å²) in [5.74, 6) is 0.673. The largest absolute Gasteiger partial charge is 0.484 e. The van der Waals surface area contributed by atoms with Crippen molar-refractivity contribution in [3.63, 3.8) is 0 Å². The minimum Gasteiger partial charge on any atom is -0.484 e. The third-order valence-electron chi connectivity index (χ3n) is 4.88. The fourth-order valence-electron chi connectivity index (χ4n) is 3.32. The van der Waals surface area contributed by atoms with Crippen LogP contribution in [0.15, 0.2) is 43.0 Å². The van der Waals surface area contributed by atoms with E-state index >= 15 is 0 Å². The van der Waals surface area contributed by atoms with Crippen molar-refractivity contribution in [1.82, 2.24) is 20.3 Å². The summed E-state index contributed by atoms with van der Waals surface area (Å²) in [5, 5.41) is 3.61. The van der Waals surface area contributed by atoms with Crippen molar-refractivity contribution in [2.75, 3.05) is 31.1 Å². The molecular formula is C21H20Cl2FN5O. The van der Waals surface area contributed by atoms with E-state index in [1.165, 1.54) is 12.1 Å². The number of anilines is 1. The monoisotopic (exact) mass is 447 g/mol. The fraction of sp³-hybridized carbons (Fsp3) is 0.286. The Hall–Kier alpha value is -2.48. The van der Waals surface area contributed by atoms with Crippen LogP contribution in [0, 0.1) is 5.82 Å². The van der Waals surface area contributed by atoms with Crippen molar-refractivity contribution in [1.29, 1.82) is 0 Å². The average Bonchev–Trinajstić information content (AvgIpc) is 2.77. The number of benzene rings is 1.